The Balaban J connectivity index is 0.000000240. The van der Waals surface area contributed by atoms with E-state index < -0.39 is 0 Å². The molecule has 4 heteroatoms. The van der Waals surface area contributed by atoms with Gasteiger partial charge in [-0.25, -0.2) is 0 Å². The fourth-order valence-corrected chi connectivity index (χ4v) is 1.97. The van der Waals surface area contributed by atoms with Gasteiger partial charge in [-0.1, -0.05) is 31.5 Å². The molecule has 1 aromatic carbocycles. The summed E-state index contributed by atoms with van der Waals surface area (Å²) < 4.78 is 0. The highest BCUT2D eigenvalue weighted by Gasteiger charge is 2.02. The van der Waals surface area contributed by atoms with Crippen LogP contribution in [0.4, 0.5) is 5.69 Å². The Labute approximate surface area is 122 Å². The first kappa shape index (κ1) is 16.7. The molecule has 1 aliphatic heterocycles. The van der Waals surface area contributed by atoms with E-state index in [-0.39, 0.29) is 0 Å². The number of hydrogen-bond donors (Lipinski definition) is 1. The predicted molar refractivity (Wildman–Crippen MR) is 85.1 cm³/mol. The monoisotopic (exact) mass is 277 g/mol. The molecule has 1 amide bonds. The molecule has 0 spiro atoms. The van der Waals surface area contributed by atoms with E-state index in [1.807, 2.05) is 30.3 Å². The third kappa shape index (κ3) is 6.68. The molecule has 1 heterocycles. The lowest BCUT2D eigenvalue weighted by Gasteiger charge is -2.21. The topological polar surface area (TPSA) is 35.6 Å². The number of amides is 1. The van der Waals surface area contributed by atoms with Crippen molar-refractivity contribution in [2.75, 3.05) is 44.7 Å². The van der Waals surface area contributed by atoms with Crippen molar-refractivity contribution in [1.82, 2.24) is 10.2 Å². The highest BCUT2D eigenvalue weighted by molar-refractivity contribution is 5.74. The Bertz CT molecular complexity index is 350. The van der Waals surface area contributed by atoms with E-state index in [2.05, 4.69) is 24.2 Å². The number of rotatable bonds is 5. The molecule has 0 aliphatic carbocycles. The lowest BCUT2D eigenvalue weighted by molar-refractivity contribution is -0.107. The zero-order valence-electron chi connectivity index (χ0n) is 12.7. The average molecular weight is 277 g/mol. The van der Waals surface area contributed by atoms with E-state index in [0.29, 0.717) is 0 Å². The number of carbonyl (C=O) groups is 1. The minimum atomic E-state index is 0.810. The van der Waals surface area contributed by atoms with E-state index >= 15 is 0 Å². The van der Waals surface area contributed by atoms with Gasteiger partial charge in [-0.05, 0) is 25.6 Å². The average Bonchev–Trinajstić information content (AvgIpc) is 2.50. The van der Waals surface area contributed by atoms with Gasteiger partial charge in [0.2, 0.25) is 6.41 Å². The first-order valence-electron chi connectivity index (χ1n) is 7.44. The zero-order valence-corrected chi connectivity index (χ0v) is 12.7. The van der Waals surface area contributed by atoms with Gasteiger partial charge < -0.3 is 15.1 Å². The number of hydrogen-bond acceptors (Lipinski definition) is 3. The Morgan fingerprint density at radius 2 is 1.90 bits per heavy atom. The fourth-order valence-electron chi connectivity index (χ4n) is 1.97. The van der Waals surface area contributed by atoms with E-state index in [0.717, 1.165) is 44.6 Å². The third-order valence-corrected chi connectivity index (χ3v) is 3.31. The van der Waals surface area contributed by atoms with Crippen molar-refractivity contribution in [3.8, 4) is 0 Å². The molecule has 0 radical (unpaired) electrons. The number of benzene rings is 1. The molecular weight excluding hydrogens is 250 g/mol. The maximum Gasteiger partial charge on any atom is 0.214 e. The van der Waals surface area contributed by atoms with Gasteiger partial charge in [0, 0.05) is 38.4 Å². The second-order valence-electron chi connectivity index (χ2n) is 5.04. The number of nitrogens with one attached hydrogen (secondary N) is 1. The van der Waals surface area contributed by atoms with Gasteiger partial charge in [0.1, 0.15) is 0 Å². The van der Waals surface area contributed by atoms with E-state index in [4.69, 9.17) is 0 Å². The minimum Gasteiger partial charge on any atom is -0.315 e. The molecule has 2 rings (SSSR count). The molecule has 1 saturated heterocycles. The summed E-state index contributed by atoms with van der Waals surface area (Å²) in [5, 5.41) is 3.27. The van der Waals surface area contributed by atoms with Crippen molar-refractivity contribution in [3.05, 3.63) is 30.3 Å². The molecule has 1 aromatic rings. The van der Waals surface area contributed by atoms with Crippen molar-refractivity contribution in [2.24, 2.45) is 0 Å². The summed E-state index contributed by atoms with van der Waals surface area (Å²) >= 11 is 0. The lowest BCUT2D eigenvalue weighted by atomic mass is 10.2. The van der Waals surface area contributed by atoms with Crippen molar-refractivity contribution in [2.45, 2.75) is 19.8 Å². The van der Waals surface area contributed by atoms with Gasteiger partial charge >= 0.3 is 0 Å². The predicted octanol–water partition coefficient (Wildman–Crippen LogP) is 1.97. The second kappa shape index (κ2) is 10.4. The van der Waals surface area contributed by atoms with Gasteiger partial charge in [0.25, 0.3) is 0 Å². The van der Waals surface area contributed by atoms with Crippen molar-refractivity contribution >= 4 is 12.1 Å². The largest absolute Gasteiger partial charge is 0.315 e. The molecule has 112 valence electrons. The van der Waals surface area contributed by atoms with Crippen LogP contribution in [0, 0.1) is 0 Å². The van der Waals surface area contributed by atoms with Crippen LogP contribution in [0.5, 0.6) is 0 Å². The fraction of sp³-hybridized carbons (Fsp3) is 0.562. The summed E-state index contributed by atoms with van der Waals surface area (Å²) in [6.45, 7) is 7.67. The van der Waals surface area contributed by atoms with Crippen LogP contribution in [0.2, 0.25) is 0 Å². The Morgan fingerprint density at radius 3 is 2.35 bits per heavy atom. The minimum absolute atomic E-state index is 0.810. The Kier molecular flexibility index (Phi) is 8.67. The number of piperazine rings is 1. The van der Waals surface area contributed by atoms with Gasteiger partial charge in [0.05, 0.1) is 0 Å². The number of unbranched alkanes of at least 4 members (excludes halogenated alkanes) is 1. The van der Waals surface area contributed by atoms with Crippen molar-refractivity contribution in [1.29, 1.82) is 0 Å². The van der Waals surface area contributed by atoms with Crippen molar-refractivity contribution in [3.63, 3.8) is 0 Å². The Morgan fingerprint density at radius 1 is 1.25 bits per heavy atom. The molecule has 0 bridgehead atoms. The first-order chi connectivity index (χ1) is 9.77. The summed E-state index contributed by atoms with van der Waals surface area (Å²) in [6.07, 6.45) is 3.05. The smallest absolute Gasteiger partial charge is 0.214 e. The number of para-hydroxylation sites is 1. The molecule has 1 aliphatic rings. The summed E-state index contributed by atoms with van der Waals surface area (Å²) in [5.74, 6) is 0. The first-order valence-corrected chi connectivity index (χ1v) is 7.44. The van der Waals surface area contributed by atoms with E-state index in [1.54, 1.807) is 4.90 Å². The summed E-state index contributed by atoms with van der Waals surface area (Å²) in [6, 6.07) is 9.73. The van der Waals surface area contributed by atoms with Crippen LogP contribution in [0.25, 0.3) is 0 Å². The van der Waals surface area contributed by atoms with Gasteiger partial charge in [-0.2, -0.15) is 0 Å². The normalized spacial score (nSPS) is 15.1. The van der Waals surface area contributed by atoms with Gasteiger partial charge in [0.15, 0.2) is 0 Å². The van der Waals surface area contributed by atoms with E-state index in [9.17, 15) is 4.79 Å². The number of likely N-dealkylation sites (N-methyl/N-ethyl adjacent to an activating group) is 1. The van der Waals surface area contributed by atoms with Crippen LogP contribution in [0.1, 0.15) is 19.8 Å². The summed E-state index contributed by atoms with van der Waals surface area (Å²) in [7, 11) is 2.15. The second-order valence-corrected chi connectivity index (χ2v) is 5.04. The lowest BCUT2D eigenvalue weighted by Crippen LogP contribution is -2.40. The molecule has 0 atom stereocenters. The van der Waals surface area contributed by atoms with Crippen LogP contribution in [-0.2, 0) is 4.79 Å². The molecule has 0 unspecified atom stereocenters. The van der Waals surface area contributed by atoms with Crippen molar-refractivity contribution < 1.29 is 4.79 Å². The number of anilines is 1. The molecular formula is C16H27N3O. The molecule has 20 heavy (non-hydrogen) atoms. The number of carbonyl (C=O) groups excluding carboxylic acids is 1. The highest BCUT2D eigenvalue weighted by Crippen LogP contribution is 2.11. The van der Waals surface area contributed by atoms with Crippen LogP contribution < -0.4 is 10.2 Å². The maximum absolute atomic E-state index is 10.7. The summed E-state index contributed by atoms with van der Waals surface area (Å²) in [5.41, 5.74) is 0.978. The van der Waals surface area contributed by atoms with Gasteiger partial charge in [-0.3, -0.25) is 4.79 Å². The third-order valence-electron chi connectivity index (χ3n) is 3.31. The quantitative estimate of drug-likeness (QED) is 0.836. The Hall–Kier alpha value is -1.39. The molecule has 4 nitrogen and oxygen atoms in total. The molecule has 1 fully saturated rings. The standard InChI is InChI=1S/C11H15NO.C5H12N2/c1-2-3-9-12(10-13)11-7-5-4-6-8-11;1-7-4-2-6-3-5-7/h4-8,10H,2-3,9H2,1H3;6H,2-5H2,1H3. The van der Waals surface area contributed by atoms with Crippen LogP contribution in [0.3, 0.4) is 0 Å². The van der Waals surface area contributed by atoms with Gasteiger partial charge in [-0.15, -0.1) is 0 Å². The highest BCUT2D eigenvalue weighted by atomic mass is 16.1. The molecule has 0 saturated carbocycles. The molecule has 0 aromatic heterocycles. The van der Waals surface area contributed by atoms with E-state index in [1.165, 1.54) is 13.1 Å². The van der Waals surface area contributed by atoms with Crippen LogP contribution in [0.15, 0.2) is 30.3 Å². The summed E-state index contributed by atoms with van der Waals surface area (Å²) in [4.78, 5) is 14.8. The van der Waals surface area contributed by atoms with Crippen LogP contribution >= 0.6 is 0 Å². The van der Waals surface area contributed by atoms with Crippen LogP contribution in [-0.4, -0.2) is 51.1 Å². The molecule has 1 N–H and O–H groups in total. The SMILES string of the molecule is CCCCN(C=O)c1ccccc1.CN1CCNCC1. The maximum atomic E-state index is 10.7. The number of nitrogens with zero attached hydrogens (tertiary/aromatic N) is 2. The zero-order chi connectivity index (χ0) is 14.6.